The lowest BCUT2D eigenvalue weighted by Gasteiger charge is -2.33. The number of hydrogen-bond donors (Lipinski definition) is 1. The van der Waals surface area contributed by atoms with E-state index in [1.165, 1.54) is 0 Å². The minimum absolute atomic E-state index is 0.0214. The molecule has 1 amide bonds. The van der Waals surface area contributed by atoms with Crippen LogP contribution in [0.25, 0.3) is 0 Å². The van der Waals surface area contributed by atoms with Crippen molar-refractivity contribution in [2.75, 3.05) is 19.7 Å². The third-order valence-electron chi connectivity index (χ3n) is 4.09. The zero-order valence-electron chi connectivity index (χ0n) is 11.6. The van der Waals surface area contributed by atoms with E-state index in [1.54, 1.807) is 0 Å². The molecule has 1 aliphatic heterocycles. The first-order valence-electron chi connectivity index (χ1n) is 7.20. The fraction of sp³-hybridized carbons (Fsp3) is 0.562. The first-order valence-corrected chi connectivity index (χ1v) is 7.20. The van der Waals surface area contributed by atoms with Gasteiger partial charge < -0.3 is 10.0 Å². The summed E-state index contributed by atoms with van der Waals surface area (Å²) < 4.78 is 0. The minimum atomic E-state index is -0.0214. The van der Waals surface area contributed by atoms with E-state index in [-0.39, 0.29) is 18.4 Å². The van der Waals surface area contributed by atoms with E-state index >= 15 is 0 Å². The van der Waals surface area contributed by atoms with Crippen molar-refractivity contribution in [2.24, 2.45) is 5.92 Å². The molecule has 0 spiro atoms. The number of amides is 1. The Morgan fingerprint density at radius 1 is 1.32 bits per heavy atom. The van der Waals surface area contributed by atoms with Gasteiger partial charge in [0.1, 0.15) is 0 Å². The molecule has 104 valence electrons. The van der Waals surface area contributed by atoms with Crippen LogP contribution in [0.2, 0.25) is 0 Å². The Balaban J connectivity index is 2.02. The molecule has 1 atom stereocenters. The van der Waals surface area contributed by atoms with Crippen molar-refractivity contribution < 1.29 is 9.90 Å². The van der Waals surface area contributed by atoms with Crippen LogP contribution < -0.4 is 0 Å². The molecule has 1 unspecified atom stereocenters. The van der Waals surface area contributed by atoms with Crippen LogP contribution in [0.15, 0.2) is 30.3 Å². The highest BCUT2D eigenvalue weighted by atomic mass is 16.3. The summed E-state index contributed by atoms with van der Waals surface area (Å²) in [6, 6.07) is 10.0. The van der Waals surface area contributed by atoms with Crippen molar-refractivity contribution in [2.45, 2.75) is 32.1 Å². The molecule has 0 radical (unpaired) electrons. The van der Waals surface area contributed by atoms with Gasteiger partial charge in [-0.15, -0.1) is 0 Å². The first-order chi connectivity index (χ1) is 9.26. The Labute approximate surface area is 115 Å². The fourth-order valence-corrected chi connectivity index (χ4v) is 2.79. The SMILES string of the molecule is CCC(C(=O)N1CCC(CO)CC1)c1ccccc1. The predicted octanol–water partition coefficient (Wildman–Crippen LogP) is 2.41. The van der Waals surface area contributed by atoms with Gasteiger partial charge >= 0.3 is 0 Å². The standard InChI is InChI=1S/C16H23NO2/c1-2-15(14-6-4-3-5-7-14)16(19)17-10-8-13(12-18)9-11-17/h3-7,13,15,18H,2,8-12H2,1H3. The van der Waals surface area contributed by atoms with Crippen LogP contribution in [-0.2, 0) is 4.79 Å². The number of aliphatic hydroxyl groups excluding tert-OH is 1. The van der Waals surface area contributed by atoms with Gasteiger partial charge in [0.2, 0.25) is 5.91 Å². The van der Waals surface area contributed by atoms with E-state index in [1.807, 2.05) is 35.2 Å². The highest BCUT2D eigenvalue weighted by Crippen LogP contribution is 2.25. The molecule has 3 nitrogen and oxygen atoms in total. The normalized spacial score (nSPS) is 18.3. The number of nitrogens with zero attached hydrogens (tertiary/aromatic N) is 1. The molecule has 1 aliphatic rings. The molecule has 1 saturated heterocycles. The molecule has 1 aromatic carbocycles. The number of likely N-dealkylation sites (tertiary alicyclic amines) is 1. The summed E-state index contributed by atoms with van der Waals surface area (Å²) >= 11 is 0. The second kappa shape index (κ2) is 6.71. The molecule has 1 fully saturated rings. The van der Waals surface area contributed by atoms with Gasteiger partial charge in [0.25, 0.3) is 0 Å². The number of piperidine rings is 1. The second-order valence-corrected chi connectivity index (χ2v) is 5.32. The number of carbonyl (C=O) groups excluding carboxylic acids is 1. The van der Waals surface area contributed by atoms with Crippen molar-refractivity contribution in [3.63, 3.8) is 0 Å². The molecule has 0 aromatic heterocycles. The van der Waals surface area contributed by atoms with Crippen LogP contribution in [0.4, 0.5) is 0 Å². The quantitative estimate of drug-likeness (QED) is 0.904. The zero-order valence-corrected chi connectivity index (χ0v) is 11.6. The van der Waals surface area contributed by atoms with Crippen molar-refractivity contribution in [1.29, 1.82) is 0 Å². The van der Waals surface area contributed by atoms with E-state index in [4.69, 9.17) is 5.11 Å². The lowest BCUT2D eigenvalue weighted by Crippen LogP contribution is -2.41. The van der Waals surface area contributed by atoms with Crippen LogP contribution >= 0.6 is 0 Å². The Bertz CT molecular complexity index is 396. The van der Waals surface area contributed by atoms with Gasteiger partial charge in [-0.2, -0.15) is 0 Å². The van der Waals surface area contributed by atoms with Gasteiger partial charge in [-0.05, 0) is 30.7 Å². The fourth-order valence-electron chi connectivity index (χ4n) is 2.79. The summed E-state index contributed by atoms with van der Waals surface area (Å²) in [6.07, 6.45) is 2.68. The lowest BCUT2D eigenvalue weighted by atomic mass is 9.92. The van der Waals surface area contributed by atoms with Gasteiger partial charge in [0, 0.05) is 19.7 Å². The van der Waals surface area contributed by atoms with E-state index in [2.05, 4.69) is 6.92 Å². The van der Waals surface area contributed by atoms with Crippen LogP contribution in [0, 0.1) is 5.92 Å². The summed E-state index contributed by atoms with van der Waals surface area (Å²) in [4.78, 5) is 14.6. The molecule has 1 aromatic rings. The van der Waals surface area contributed by atoms with Crippen LogP contribution in [0.5, 0.6) is 0 Å². The molecule has 0 bridgehead atoms. The maximum absolute atomic E-state index is 12.6. The molecule has 0 aliphatic carbocycles. The summed E-state index contributed by atoms with van der Waals surface area (Å²) in [6.45, 7) is 3.88. The van der Waals surface area contributed by atoms with Crippen LogP contribution in [-0.4, -0.2) is 35.6 Å². The summed E-state index contributed by atoms with van der Waals surface area (Å²) in [5.41, 5.74) is 1.11. The summed E-state index contributed by atoms with van der Waals surface area (Å²) in [7, 11) is 0. The molecule has 1 N–H and O–H groups in total. The molecular formula is C16H23NO2. The topological polar surface area (TPSA) is 40.5 Å². The van der Waals surface area contributed by atoms with Gasteiger partial charge in [-0.1, -0.05) is 37.3 Å². The first kappa shape index (κ1) is 14.1. The third kappa shape index (κ3) is 3.35. The van der Waals surface area contributed by atoms with Crippen molar-refractivity contribution in [1.82, 2.24) is 4.90 Å². The van der Waals surface area contributed by atoms with E-state index in [0.29, 0.717) is 5.92 Å². The number of hydrogen-bond acceptors (Lipinski definition) is 2. The van der Waals surface area contributed by atoms with E-state index in [9.17, 15) is 4.79 Å². The number of benzene rings is 1. The van der Waals surface area contributed by atoms with Gasteiger partial charge in [0.15, 0.2) is 0 Å². The Kier molecular flexibility index (Phi) is 4.97. The van der Waals surface area contributed by atoms with Crippen molar-refractivity contribution in [3.8, 4) is 0 Å². The van der Waals surface area contributed by atoms with E-state index in [0.717, 1.165) is 37.9 Å². The maximum Gasteiger partial charge on any atom is 0.230 e. The van der Waals surface area contributed by atoms with E-state index < -0.39 is 0 Å². The smallest absolute Gasteiger partial charge is 0.230 e. The number of rotatable bonds is 4. The zero-order chi connectivity index (χ0) is 13.7. The number of carbonyl (C=O) groups is 1. The highest BCUT2D eigenvalue weighted by molar-refractivity contribution is 5.83. The molecule has 2 rings (SSSR count). The predicted molar refractivity (Wildman–Crippen MR) is 75.9 cm³/mol. The van der Waals surface area contributed by atoms with Gasteiger partial charge in [-0.25, -0.2) is 0 Å². The highest BCUT2D eigenvalue weighted by Gasteiger charge is 2.27. The summed E-state index contributed by atoms with van der Waals surface area (Å²) in [5, 5.41) is 9.15. The van der Waals surface area contributed by atoms with Gasteiger partial charge in [0.05, 0.1) is 5.92 Å². The van der Waals surface area contributed by atoms with Crippen LogP contribution in [0.3, 0.4) is 0 Å². The Morgan fingerprint density at radius 3 is 2.47 bits per heavy atom. The maximum atomic E-state index is 12.6. The average Bonchev–Trinajstić information content (AvgIpc) is 2.49. The molecule has 3 heteroatoms. The molecular weight excluding hydrogens is 238 g/mol. The van der Waals surface area contributed by atoms with Crippen molar-refractivity contribution >= 4 is 5.91 Å². The largest absolute Gasteiger partial charge is 0.396 e. The second-order valence-electron chi connectivity index (χ2n) is 5.32. The monoisotopic (exact) mass is 261 g/mol. The van der Waals surface area contributed by atoms with Gasteiger partial charge in [-0.3, -0.25) is 4.79 Å². The molecule has 19 heavy (non-hydrogen) atoms. The Hall–Kier alpha value is -1.35. The third-order valence-corrected chi connectivity index (χ3v) is 4.09. The molecule has 1 heterocycles. The lowest BCUT2D eigenvalue weighted by molar-refractivity contribution is -0.134. The Morgan fingerprint density at radius 2 is 1.95 bits per heavy atom. The molecule has 0 saturated carbocycles. The van der Waals surface area contributed by atoms with Crippen LogP contribution in [0.1, 0.15) is 37.7 Å². The minimum Gasteiger partial charge on any atom is -0.396 e. The summed E-state index contributed by atoms with van der Waals surface area (Å²) in [5.74, 6) is 0.595. The van der Waals surface area contributed by atoms with Crippen molar-refractivity contribution in [3.05, 3.63) is 35.9 Å². The average molecular weight is 261 g/mol. The number of aliphatic hydroxyl groups is 1.